The quantitative estimate of drug-likeness (QED) is 0.722. The zero-order valence-electron chi connectivity index (χ0n) is 18.5. The summed E-state index contributed by atoms with van der Waals surface area (Å²) in [5.41, 5.74) is -1.09. The molecule has 4 rings (SSSR count). The summed E-state index contributed by atoms with van der Waals surface area (Å²) < 4.78 is 53.5. The number of aromatic nitrogens is 3. The molecule has 1 N–H and O–H groups in total. The first kappa shape index (κ1) is 23.0. The molecule has 1 saturated heterocycles. The smallest absolute Gasteiger partial charge is 0.269 e. The normalized spacial score (nSPS) is 22.6. The fourth-order valence-corrected chi connectivity index (χ4v) is 5.83. The van der Waals surface area contributed by atoms with E-state index in [4.69, 9.17) is 0 Å². The van der Waals surface area contributed by atoms with E-state index >= 15 is 0 Å². The van der Waals surface area contributed by atoms with Crippen LogP contribution in [0.5, 0.6) is 0 Å². The van der Waals surface area contributed by atoms with Crippen molar-refractivity contribution in [3.05, 3.63) is 28.2 Å². The Morgan fingerprint density at radius 2 is 1.91 bits per heavy atom. The van der Waals surface area contributed by atoms with Gasteiger partial charge in [0.25, 0.3) is 12.0 Å². The summed E-state index contributed by atoms with van der Waals surface area (Å²) in [5.74, 6) is 0.309. The summed E-state index contributed by atoms with van der Waals surface area (Å²) in [5, 5.41) is 3.64. The lowest BCUT2D eigenvalue weighted by Gasteiger charge is -2.31. The largest absolute Gasteiger partial charge is 0.351 e. The maximum absolute atomic E-state index is 13.6. The number of pyridine rings is 1. The number of fused-ring (bicyclic) bond motifs is 1. The minimum atomic E-state index is -3.22. The highest BCUT2D eigenvalue weighted by Crippen LogP contribution is 2.46. The van der Waals surface area contributed by atoms with Crippen molar-refractivity contribution >= 4 is 27.0 Å². The van der Waals surface area contributed by atoms with E-state index in [1.807, 2.05) is 13.8 Å². The summed E-state index contributed by atoms with van der Waals surface area (Å²) in [7, 11) is -3.22. The summed E-state index contributed by atoms with van der Waals surface area (Å²) in [6, 6.07) is 0.945. The summed E-state index contributed by atoms with van der Waals surface area (Å²) >= 11 is 0. The van der Waals surface area contributed by atoms with Crippen molar-refractivity contribution < 1.29 is 17.2 Å². The molecule has 1 aliphatic carbocycles. The third kappa shape index (κ3) is 4.36. The van der Waals surface area contributed by atoms with E-state index in [1.165, 1.54) is 27.4 Å². The van der Waals surface area contributed by atoms with Crippen molar-refractivity contribution in [1.29, 1.82) is 0 Å². The molecule has 11 heteroatoms. The molecule has 1 atom stereocenters. The fraction of sp³-hybridized carbons (Fsp3) is 0.667. The molecular weight excluding hydrogens is 440 g/mol. The molecule has 0 spiro atoms. The Kier molecular flexibility index (Phi) is 6.00. The zero-order valence-corrected chi connectivity index (χ0v) is 19.3. The number of piperidine rings is 1. The van der Waals surface area contributed by atoms with Gasteiger partial charge >= 0.3 is 0 Å². The van der Waals surface area contributed by atoms with E-state index in [0.717, 1.165) is 19.3 Å². The highest BCUT2D eigenvalue weighted by molar-refractivity contribution is 7.88. The predicted octanol–water partition coefficient (Wildman–Crippen LogP) is 3.32. The predicted molar refractivity (Wildman–Crippen MR) is 118 cm³/mol. The highest BCUT2D eigenvalue weighted by atomic mass is 32.2. The third-order valence-corrected chi connectivity index (χ3v) is 8.11. The van der Waals surface area contributed by atoms with Crippen molar-refractivity contribution in [2.75, 3.05) is 24.7 Å². The minimum absolute atomic E-state index is 0.0196. The van der Waals surface area contributed by atoms with Gasteiger partial charge in [-0.2, -0.15) is 4.98 Å². The summed E-state index contributed by atoms with van der Waals surface area (Å²) in [4.78, 5) is 21.9. The van der Waals surface area contributed by atoms with Gasteiger partial charge in [0.2, 0.25) is 16.0 Å². The molecule has 2 fully saturated rings. The molecule has 0 unspecified atom stereocenters. The van der Waals surface area contributed by atoms with E-state index in [9.17, 15) is 22.0 Å². The molecule has 0 bridgehead atoms. The van der Waals surface area contributed by atoms with Gasteiger partial charge in [-0.15, -0.1) is 0 Å². The highest BCUT2D eigenvalue weighted by Gasteiger charge is 2.38. The van der Waals surface area contributed by atoms with E-state index < -0.39 is 27.6 Å². The van der Waals surface area contributed by atoms with Gasteiger partial charge in [0.05, 0.1) is 11.8 Å². The van der Waals surface area contributed by atoms with Gasteiger partial charge in [0, 0.05) is 36.8 Å². The van der Waals surface area contributed by atoms with Crippen LogP contribution in [0.25, 0.3) is 11.0 Å². The fourth-order valence-electron chi connectivity index (χ4n) is 4.96. The number of alkyl halides is 2. The van der Waals surface area contributed by atoms with Gasteiger partial charge < -0.3 is 5.32 Å². The molecule has 2 aliphatic rings. The van der Waals surface area contributed by atoms with Crippen LogP contribution in [-0.4, -0.2) is 52.6 Å². The topological polar surface area (TPSA) is 97.2 Å². The molecule has 3 heterocycles. The van der Waals surface area contributed by atoms with Gasteiger partial charge in [-0.05, 0) is 37.2 Å². The Morgan fingerprint density at radius 1 is 1.22 bits per heavy atom. The van der Waals surface area contributed by atoms with Crippen molar-refractivity contribution in [2.45, 2.75) is 64.5 Å². The van der Waals surface area contributed by atoms with Crippen LogP contribution in [0.4, 0.5) is 14.7 Å². The maximum Gasteiger partial charge on any atom is 0.269 e. The second-order valence-corrected chi connectivity index (χ2v) is 11.5. The number of halogens is 2. The third-order valence-electron chi connectivity index (χ3n) is 6.80. The molecule has 2 aromatic heterocycles. The van der Waals surface area contributed by atoms with Crippen molar-refractivity contribution in [1.82, 2.24) is 18.8 Å². The van der Waals surface area contributed by atoms with Gasteiger partial charge in [-0.1, -0.05) is 20.3 Å². The van der Waals surface area contributed by atoms with Gasteiger partial charge in [0.1, 0.15) is 5.65 Å². The van der Waals surface area contributed by atoms with Gasteiger partial charge in [-0.25, -0.2) is 26.5 Å². The zero-order chi connectivity index (χ0) is 23.3. The number of hydrogen-bond acceptors (Lipinski definition) is 6. The molecule has 0 amide bonds. The number of hydrogen-bond donors (Lipinski definition) is 1. The van der Waals surface area contributed by atoms with Gasteiger partial charge in [-0.3, -0.25) is 9.36 Å². The molecule has 32 heavy (non-hydrogen) atoms. The molecule has 2 aromatic rings. The molecule has 0 radical (unpaired) electrons. The molecule has 176 valence electrons. The Hall–Kier alpha value is -2.14. The van der Waals surface area contributed by atoms with E-state index in [0.29, 0.717) is 42.9 Å². The Morgan fingerprint density at radius 3 is 2.47 bits per heavy atom. The number of anilines is 1. The van der Waals surface area contributed by atoms with Crippen LogP contribution in [0.15, 0.2) is 17.1 Å². The van der Waals surface area contributed by atoms with Crippen LogP contribution in [-0.2, 0) is 10.0 Å². The van der Waals surface area contributed by atoms with Crippen LogP contribution in [0.2, 0.25) is 0 Å². The van der Waals surface area contributed by atoms with Crippen LogP contribution in [0.3, 0.4) is 0 Å². The Bertz CT molecular complexity index is 1170. The first-order chi connectivity index (χ1) is 15.0. The SMILES string of the molecule is CC1(C)CCC[C@H]1n1c(=O)c(C(F)F)cc2cnc(NC3CCN(S(C)(=O)=O)CC3)nc21. The van der Waals surface area contributed by atoms with Crippen LogP contribution < -0.4 is 10.9 Å². The van der Waals surface area contributed by atoms with E-state index in [-0.39, 0.29) is 17.5 Å². The molecule has 0 aromatic carbocycles. The number of nitrogens with one attached hydrogen (secondary N) is 1. The van der Waals surface area contributed by atoms with Gasteiger partial charge in [0.15, 0.2) is 0 Å². The van der Waals surface area contributed by atoms with Crippen molar-refractivity contribution in [3.63, 3.8) is 0 Å². The molecule has 1 aliphatic heterocycles. The van der Waals surface area contributed by atoms with Crippen molar-refractivity contribution in [2.24, 2.45) is 5.41 Å². The minimum Gasteiger partial charge on any atom is -0.351 e. The molecular formula is C21H29F2N5O3S. The summed E-state index contributed by atoms with van der Waals surface area (Å²) in [6.07, 6.45) is 3.54. The monoisotopic (exact) mass is 469 g/mol. The second-order valence-electron chi connectivity index (χ2n) is 9.53. The lowest BCUT2D eigenvalue weighted by atomic mass is 9.87. The molecule has 8 nitrogen and oxygen atoms in total. The lowest BCUT2D eigenvalue weighted by Crippen LogP contribution is -2.42. The van der Waals surface area contributed by atoms with Crippen LogP contribution in [0, 0.1) is 5.41 Å². The number of rotatable bonds is 5. The lowest BCUT2D eigenvalue weighted by molar-refractivity contribution is 0.148. The average molecular weight is 470 g/mol. The average Bonchev–Trinajstić information content (AvgIpc) is 3.05. The second kappa shape index (κ2) is 8.33. The first-order valence-corrected chi connectivity index (χ1v) is 12.7. The maximum atomic E-state index is 13.6. The number of sulfonamides is 1. The van der Waals surface area contributed by atoms with Crippen LogP contribution in [0.1, 0.15) is 64.0 Å². The Balaban J connectivity index is 1.70. The molecule has 1 saturated carbocycles. The first-order valence-electron chi connectivity index (χ1n) is 10.9. The van der Waals surface area contributed by atoms with Crippen molar-refractivity contribution in [3.8, 4) is 0 Å². The Labute approximate surface area is 186 Å². The van der Waals surface area contributed by atoms with E-state index in [2.05, 4.69) is 15.3 Å². The standard InChI is InChI=1S/C21H29F2N5O3S/c1-21(2)8-4-5-16(21)28-18-13(11-15(17(22)23)19(28)29)12-24-20(26-18)25-14-6-9-27(10-7-14)32(3,30)31/h11-12,14,16-17H,4-10H2,1-3H3,(H,24,25,26)/t16-/m1/s1. The van der Waals surface area contributed by atoms with E-state index in [1.54, 1.807) is 0 Å². The van der Waals surface area contributed by atoms with Crippen LogP contribution >= 0.6 is 0 Å². The summed E-state index contributed by atoms with van der Waals surface area (Å²) in [6.45, 7) is 4.91. The number of nitrogens with zero attached hydrogens (tertiary/aromatic N) is 4.